The van der Waals surface area contributed by atoms with Crippen LogP contribution in [0.25, 0.3) is 6.08 Å². The predicted molar refractivity (Wildman–Crippen MR) is 67.1 cm³/mol. The molecule has 1 aliphatic heterocycles. The molecule has 1 aliphatic rings. The molecule has 1 unspecified atom stereocenters. The first-order valence-corrected chi connectivity index (χ1v) is 5.94. The number of alkyl halides is 2. The first-order chi connectivity index (χ1) is 8.70. The smallest absolute Gasteiger partial charge is 0.335 e. The number of benzene rings is 1. The van der Waals surface area contributed by atoms with Crippen molar-refractivity contribution < 1.29 is 23.4 Å². The molecule has 0 aromatic heterocycles. The Bertz CT molecular complexity index is 579. The van der Waals surface area contributed by atoms with Crippen LogP contribution in [-0.4, -0.2) is 23.1 Å². The fraction of sp³-hybridized carbons (Fsp3) is 0.250. The van der Waals surface area contributed by atoms with Gasteiger partial charge in [0.15, 0.2) is 6.10 Å². The van der Waals surface area contributed by atoms with E-state index in [-0.39, 0.29) is 15.8 Å². The predicted octanol–water partition coefficient (Wildman–Crippen LogP) is 3.88. The van der Waals surface area contributed by atoms with Crippen molar-refractivity contribution >= 4 is 35.2 Å². The highest BCUT2D eigenvalue weighted by atomic mass is 35.5. The Morgan fingerprint density at radius 3 is 2.47 bits per heavy atom. The molecule has 2 rings (SSSR count). The van der Waals surface area contributed by atoms with Gasteiger partial charge in [0.25, 0.3) is 5.92 Å². The Balaban J connectivity index is 2.57. The number of carboxylic acid groups (broad SMARTS) is 1. The van der Waals surface area contributed by atoms with Crippen molar-refractivity contribution in [3.05, 3.63) is 33.3 Å². The second-order valence-corrected chi connectivity index (χ2v) is 4.98. The van der Waals surface area contributed by atoms with Crippen LogP contribution in [0.2, 0.25) is 10.0 Å². The van der Waals surface area contributed by atoms with Crippen molar-refractivity contribution in [3.63, 3.8) is 0 Å². The monoisotopic (exact) mass is 308 g/mol. The molecular weight excluding hydrogens is 301 g/mol. The number of hydrogen-bond acceptors (Lipinski definition) is 2. The third-order valence-electron chi connectivity index (χ3n) is 2.60. The molecular formula is C12H8Cl2F2O3. The molecule has 1 atom stereocenters. The molecule has 1 aromatic rings. The molecule has 0 saturated carbocycles. The molecule has 0 fully saturated rings. The fourth-order valence-electron chi connectivity index (χ4n) is 1.74. The molecule has 0 saturated heterocycles. The zero-order chi connectivity index (χ0) is 14.4. The Hall–Kier alpha value is -1.33. The summed E-state index contributed by atoms with van der Waals surface area (Å²) in [6.07, 6.45) is -0.749. The highest BCUT2D eigenvalue weighted by molar-refractivity contribution is 6.42. The van der Waals surface area contributed by atoms with E-state index in [0.717, 1.165) is 6.08 Å². The quantitative estimate of drug-likeness (QED) is 0.902. The number of carbonyl (C=O) groups is 1. The van der Waals surface area contributed by atoms with Gasteiger partial charge in [-0.2, -0.15) is 0 Å². The molecule has 0 bridgehead atoms. The van der Waals surface area contributed by atoms with Crippen LogP contribution in [0.15, 0.2) is 17.7 Å². The van der Waals surface area contributed by atoms with Crippen molar-refractivity contribution in [2.24, 2.45) is 0 Å². The Morgan fingerprint density at radius 2 is 1.95 bits per heavy atom. The minimum atomic E-state index is -3.34. The zero-order valence-corrected chi connectivity index (χ0v) is 11.1. The van der Waals surface area contributed by atoms with E-state index < -0.39 is 23.6 Å². The second kappa shape index (κ2) is 4.65. The summed E-state index contributed by atoms with van der Waals surface area (Å²) in [6, 6.07) is 2.65. The van der Waals surface area contributed by atoms with Crippen molar-refractivity contribution in [2.45, 2.75) is 19.0 Å². The number of ether oxygens (including phenoxy) is 1. The molecule has 1 aromatic carbocycles. The average molecular weight is 309 g/mol. The van der Waals surface area contributed by atoms with Crippen LogP contribution in [-0.2, 0) is 4.79 Å². The Labute approximate surface area is 117 Å². The normalized spacial score (nSPS) is 18.4. The Morgan fingerprint density at radius 1 is 1.37 bits per heavy atom. The molecule has 0 radical (unpaired) electrons. The van der Waals surface area contributed by atoms with Crippen LogP contribution in [0.5, 0.6) is 5.75 Å². The average Bonchev–Trinajstić information content (AvgIpc) is 2.27. The second-order valence-electron chi connectivity index (χ2n) is 4.16. The van der Waals surface area contributed by atoms with Gasteiger partial charge in [-0.3, -0.25) is 0 Å². The summed E-state index contributed by atoms with van der Waals surface area (Å²) in [5.41, 5.74) is -0.231. The number of fused-ring (bicyclic) bond motifs is 1. The third kappa shape index (κ3) is 2.67. The summed E-state index contributed by atoms with van der Waals surface area (Å²) < 4.78 is 31.9. The van der Waals surface area contributed by atoms with E-state index in [9.17, 15) is 13.6 Å². The third-order valence-corrected chi connectivity index (χ3v) is 3.32. The lowest BCUT2D eigenvalue weighted by Gasteiger charge is -2.29. The van der Waals surface area contributed by atoms with E-state index in [1.54, 1.807) is 0 Å². The maximum atomic E-state index is 13.4. The highest BCUT2D eigenvalue weighted by Gasteiger charge is 2.44. The summed E-state index contributed by atoms with van der Waals surface area (Å²) >= 11 is 11.6. The maximum absolute atomic E-state index is 13.4. The van der Waals surface area contributed by atoms with Gasteiger partial charge in [-0.25, -0.2) is 13.6 Å². The topological polar surface area (TPSA) is 46.5 Å². The standard InChI is InChI=1S/C12H8Cl2F2O3/c1-12(15,16)10-6(11(17)18)2-5-3-7(13)8(14)4-9(5)19-10/h2-4,10H,1H3,(H,17,18). The molecule has 1 N–H and O–H groups in total. The van der Waals surface area contributed by atoms with Crippen LogP contribution in [0, 0.1) is 0 Å². The van der Waals surface area contributed by atoms with Crippen LogP contribution in [0.3, 0.4) is 0 Å². The van der Waals surface area contributed by atoms with Crippen molar-refractivity contribution in [1.82, 2.24) is 0 Å². The molecule has 102 valence electrons. The lowest BCUT2D eigenvalue weighted by Crippen LogP contribution is -2.41. The van der Waals surface area contributed by atoms with E-state index in [2.05, 4.69) is 0 Å². The molecule has 1 heterocycles. The van der Waals surface area contributed by atoms with E-state index >= 15 is 0 Å². The lowest BCUT2D eigenvalue weighted by molar-refractivity contribution is -0.137. The molecule has 0 aliphatic carbocycles. The van der Waals surface area contributed by atoms with Crippen LogP contribution < -0.4 is 4.74 Å². The minimum Gasteiger partial charge on any atom is -0.478 e. The van der Waals surface area contributed by atoms with Crippen LogP contribution in [0.1, 0.15) is 12.5 Å². The lowest BCUT2D eigenvalue weighted by atomic mass is 9.98. The Kier molecular flexibility index (Phi) is 3.45. The molecule has 3 nitrogen and oxygen atoms in total. The van der Waals surface area contributed by atoms with Gasteiger partial charge in [0.2, 0.25) is 0 Å². The SMILES string of the molecule is CC(F)(F)C1Oc2cc(Cl)c(Cl)cc2C=C1C(=O)O. The molecule has 19 heavy (non-hydrogen) atoms. The number of rotatable bonds is 2. The van der Waals surface area contributed by atoms with Gasteiger partial charge in [0.1, 0.15) is 5.75 Å². The van der Waals surface area contributed by atoms with Gasteiger partial charge in [-0.15, -0.1) is 0 Å². The molecule has 0 spiro atoms. The van der Waals surface area contributed by atoms with Crippen LogP contribution >= 0.6 is 23.2 Å². The largest absolute Gasteiger partial charge is 0.478 e. The van der Waals surface area contributed by atoms with Gasteiger partial charge in [0.05, 0.1) is 15.6 Å². The van der Waals surface area contributed by atoms with Crippen LogP contribution in [0.4, 0.5) is 8.78 Å². The highest BCUT2D eigenvalue weighted by Crippen LogP contribution is 2.39. The first kappa shape index (κ1) is 14.1. The van der Waals surface area contributed by atoms with Gasteiger partial charge in [-0.05, 0) is 12.1 Å². The van der Waals surface area contributed by atoms with Crippen molar-refractivity contribution in [1.29, 1.82) is 0 Å². The van der Waals surface area contributed by atoms with E-state index in [0.29, 0.717) is 12.5 Å². The van der Waals surface area contributed by atoms with Gasteiger partial charge in [-0.1, -0.05) is 23.2 Å². The van der Waals surface area contributed by atoms with Gasteiger partial charge >= 0.3 is 5.97 Å². The maximum Gasteiger partial charge on any atom is 0.335 e. The summed E-state index contributed by atoms with van der Waals surface area (Å²) in [4.78, 5) is 11.0. The molecule has 7 heteroatoms. The fourth-order valence-corrected chi connectivity index (χ4v) is 2.07. The number of hydrogen-bond donors (Lipinski definition) is 1. The van der Waals surface area contributed by atoms with Crippen molar-refractivity contribution in [2.75, 3.05) is 0 Å². The number of halogens is 4. The summed E-state index contributed by atoms with van der Waals surface area (Å²) in [5.74, 6) is -4.73. The summed E-state index contributed by atoms with van der Waals surface area (Å²) in [5, 5.41) is 9.31. The van der Waals surface area contributed by atoms with Gasteiger partial charge < -0.3 is 9.84 Å². The summed E-state index contributed by atoms with van der Waals surface area (Å²) in [6.45, 7) is 0.594. The van der Waals surface area contributed by atoms with E-state index in [1.807, 2.05) is 0 Å². The number of aliphatic carboxylic acids is 1. The van der Waals surface area contributed by atoms with E-state index in [4.69, 9.17) is 33.0 Å². The molecule has 0 amide bonds. The van der Waals surface area contributed by atoms with Crippen molar-refractivity contribution in [3.8, 4) is 5.75 Å². The first-order valence-electron chi connectivity index (χ1n) is 5.18. The van der Waals surface area contributed by atoms with E-state index in [1.165, 1.54) is 12.1 Å². The zero-order valence-electron chi connectivity index (χ0n) is 9.58. The minimum absolute atomic E-state index is 0.0749. The summed E-state index contributed by atoms with van der Waals surface area (Å²) in [7, 11) is 0. The number of carboxylic acids is 1. The van der Waals surface area contributed by atoms with Gasteiger partial charge in [0, 0.05) is 18.6 Å².